The van der Waals surface area contributed by atoms with Gasteiger partial charge in [-0.2, -0.15) is 0 Å². The zero-order chi connectivity index (χ0) is 13.4. The Morgan fingerprint density at radius 3 is 2.56 bits per heavy atom. The van der Waals surface area contributed by atoms with Crippen molar-refractivity contribution in [3.05, 3.63) is 32.6 Å². The zero-order valence-corrected chi connectivity index (χ0v) is 11.3. The molecule has 2 heterocycles. The summed E-state index contributed by atoms with van der Waals surface area (Å²) in [6.07, 6.45) is 2.41. The van der Waals surface area contributed by atoms with E-state index in [2.05, 4.69) is 25.8 Å². The maximum atomic E-state index is 11.9. The maximum Gasteiger partial charge on any atom is 0.330 e. The van der Waals surface area contributed by atoms with Crippen LogP contribution in [0.1, 0.15) is 39.0 Å². The molecule has 0 amide bonds. The number of aromatic nitrogens is 2. The number of rotatable bonds is 2. The fourth-order valence-corrected chi connectivity index (χ4v) is 2.59. The van der Waals surface area contributed by atoms with Gasteiger partial charge in [0, 0.05) is 17.7 Å². The van der Waals surface area contributed by atoms with Crippen LogP contribution < -0.4 is 11.2 Å². The quantitative estimate of drug-likeness (QED) is 0.866. The van der Waals surface area contributed by atoms with Gasteiger partial charge in [0.1, 0.15) is 6.23 Å². The van der Waals surface area contributed by atoms with E-state index in [-0.39, 0.29) is 23.8 Å². The molecule has 100 valence electrons. The molecule has 2 rings (SSSR count). The normalized spacial score (nSPS) is 31.8. The van der Waals surface area contributed by atoms with E-state index in [0.717, 1.165) is 6.42 Å². The molecule has 1 N–H and O–H groups in total. The van der Waals surface area contributed by atoms with Crippen molar-refractivity contribution >= 4 is 0 Å². The van der Waals surface area contributed by atoms with Gasteiger partial charge < -0.3 is 4.74 Å². The molecule has 0 radical (unpaired) electrons. The molecule has 1 aliphatic rings. The lowest BCUT2D eigenvalue weighted by molar-refractivity contribution is -0.0170. The average Bonchev–Trinajstić information content (AvgIpc) is 2.61. The van der Waals surface area contributed by atoms with Crippen LogP contribution in [0.3, 0.4) is 0 Å². The fraction of sp³-hybridized carbons (Fsp3) is 0.692. The number of hydrogen-bond donors (Lipinski definition) is 1. The van der Waals surface area contributed by atoms with Crippen LogP contribution in [0, 0.1) is 18.8 Å². The Labute approximate surface area is 106 Å². The zero-order valence-electron chi connectivity index (χ0n) is 11.3. The highest BCUT2D eigenvalue weighted by atomic mass is 16.5. The molecule has 0 aromatic carbocycles. The summed E-state index contributed by atoms with van der Waals surface area (Å²) in [5.41, 5.74) is -0.202. The lowest BCUT2D eigenvalue weighted by atomic mass is 9.91. The van der Waals surface area contributed by atoms with Crippen LogP contribution in [0.5, 0.6) is 0 Å². The Balaban J connectivity index is 2.42. The van der Waals surface area contributed by atoms with Crippen LogP contribution in [0.2, 0.25) is 0 Å². The van der Waals surface area contributed by atoms with E-state index in [0.29, 0.717) is 11.5 Å². The summed E-state index contributed by atoms with van der Waals surface area (Å²) >= 11 is 0. The molecular formula is C13H20N2O3. The first-order chi connectivity index (χ1) is 8.45. The van der Waals surface area contributed by atoms with Crippen molar-refractivity contribution in [3.63, 3.8) is 0 Å². The summed E-state index contributed by atoms with van der Waals surface area (Å²) < 4.78 is 7.45. The lowest BCUT2D eigenvalue weighted by Gasteiger charge is -2.18. The molecule has 5 nitrogen and oxygen atoms in total. The molecule has 1 unspecified atom stereocenters. The van der Waals surface area contributed by atoms with E-state index in [1.165, 1.54) is 4.57 Å². The van der Waals surface area contributed by atoms with Crippen LogP contribution in [0.4, 0.5) is 0 Å². The number of nitrogens with zero attached hydrogens (tertiary/aromatic N) is 1. The van der Waals surface area contributed by atoms with Crippen molar-refractivity contribution in [2.75, 3.05) is 0 Å². The fourth-order valence-electron chi connectivity index (χ4n) is 2.59. The Morgan fingerprint density at radius 2 is 2.00 bits per heavy atom. The Hall–Kier alpha value is -1.36. The van der Waals surface area contributed by atoms with Gasteiger partial charge in [0.15, 0.2) is 0 Å². The molecule has 1 fully saturated rings. The number of hydrogen-bond acceptors (Lipinski definition) is 3. The summed E-state index contributed by atoms with van der Waals surface area (Å²) in [4.78, 5) is 25.5. The summed E-state index contributed by atoms with van der Waals surface area (Å²) in [5, 5.41) is 0. The molecule has 1 saturated heterocycles. The van der Waals surface area contributed by atoms with Gasteiger partial charge in [0.2, 0.25) is 0 Å². The minimum absolute atomic E-state index is 0.170. The van der Waals surface area contributed by atoms with Gasteiger partial charge in [-0.25, -0.2) is 4.79 Å². The van der Waals surface area contributed by atoms with Crippen LogP contribution in [0.15, 0.2) is 15.8 Å². The minimum atomic E-state index is -0.397. The highest BCUT2D eigenvalue weighted by molar-refractivity contribution is 5.02. The van der Waals surface area contributed by atoms with Gasteiger partial charge in [-0.3, -0.25) is 14.3 Å². The van der Waals surface area contributed by atoms with Gasteiger partial charge in [-0.1, -0.05) is 20.8 Å². The smallest absolute Gasteiger partial charge is 0.330 e. The largest absolute Gasteiger partial charge is 0.354 e. The molecule has 1 aliphatic heterocycles. The van der Waals surface area contributed by atoms with Gasteiger partial charge in [0.25, 0.3) is 5.56 Å². The summed E-state index contributed by atoms with van der Waals surface area (Å²) in [7, 11) is 0. The number of nitrogens with one attached hydrogen (secondary N) is 1. The van der Waals surface area contributed by atoms with Crippen molar-refractivity contribution in [1.29, 1.82) is 0 Å². The van der Waals surface area contributed by atoms with E-state index in [9.17, 15) is 9.59 Å². The summed E-state index contributed by atoms with van der Waals surface area (Å²) in [6, 6.07) is 0. The first-order valence-corrected chi connectivity index (χ1v) is 6.43. The van der Waals surface area contributed by atoms with Gasteiger partial charge in [0.05, 0.1) is 6.10 Å². The molecule has 5 heteroatoms. The molecular weight excluding hydrogens is 232 g/mol. The predicted octanol–water partition coefficient (Wildman–Crippen LogP) is 1.42. The van der Waals surface area contributed by atoms with Crippen molar-refractivity contribution in [2.24, 2.45) is 11.8 Å². The Kier molecular flexibility index (Phi) is 3.43. The van der Waals surface area contributed by atoms with Crippen molar-refractivity contribution in [1.82, 2.24) is 9.55 Å². The van der Waals surface area contributed by atoms with E-state index in [1.54, 1.807) is 13.1 Å². The SMILES string of the molecule is CC[C@@H]1O[C@H](n2cc(C)c(=O)[nH]c2=O)C(C)[C@@H]1C. The molecule has 0 saturated carbocycles. The standard InChI is InChI=1S/C13H20N2O3/c1-5-10-8(3)9(4)12(18-10)15-6-7(2)11(16)14-13(15)17/h6,8-10,12H,5H2,1-4H3,(H,14,16,17)/t8-,9?,10-,12-/m0/s1. The molecule has 4 atom stereocenters. The summed E-state index contributed by atoms with van der Waals surface area (Å²) in [5.74, 6) is 0.650. The lowest BCUT2D eigenvalue weighted by Crippen LogP contribution is -2.35. The van der Waals surface area contributed by atoms with Crippen LogP contribution in [-0.4, -0.2) is 15.7 Å². The predicted molar refractivity (Wildman–Crippen MR) is 68.6 cm³/mol. The van der Waals surface area contributed by atoms with E-state index >= 15 is 0 Å². The maximum absolute atomic E-state index is 11.9. The molecule has 18 heavy (non-hydrogen) atoms. The first kappa shape index (κ1) is 13.1. The molecule has 1 aromatic heterocycles. The Morgan fingerprint density at radius 1 is 1.33 bits per heavy atom. The molecule has 1 aromatic rings. The van der Waals surface area contributed by atoms with Gasteiger partial charge in [-0.15, -0.1) is 0 Å². The second-order valence-electron chi connectivity index (χ2n) is 5.17. The van der Waals surface area contributed by atoms with Crippen LogP contribution in [-0.2, 0) is 4.74 Å². The van der Waals surface area contributed by atoms with E-state index in [4.69, 9.17) is 4.74 Å². The number of ether oxygens (including phenoxy) is 1. The van der Waals surface area contributed by atoms with E-state index < -0.39 is 5.69 Å². The van der Waals surface area contributed by atoms with Crippen molar-refractivity contribution < 1.29 is 4.74 Å². The van der Waals surface area contributed by atoms with Gasteiger partial charge >= 0.3 is 5.69 Å². The first-order valence-electron chi connectivity index (χ1n) is 6.43. The van der Waals surface area contributed by atoms with Crippen LogP contribution >= 0.6 is 0 Å². The topological polar surface area (TPSA) is 64.1 Å². The number of H-pyrrole nitrogens is 1. The third-order valence-corrected chi connectivity index (χ3v) is 4.00. The highest BCUT2D eigenvalue weighted by Gasteiger charge is 2.39. The average molecular weight is 252 g/mol. The number of aromatic amines is 1. The Bertz CT molecular complexity index is 546. The van der Waals surface area contributed by atoms with Gasteiger partial charge in [-0.05, 0) is 19.3 Å². The third kappa shape index (κ3) is 2.03. The highest BCUT2D eigenvalue weighted by Crippen LogP contribution is 2.39. The second-order valence-corrected chi connectivity index (χ2v) is 5.17. The van der Waals surface area contributed by atoms with Crippen molar-refractivity contribution in [3.8, 4) is 0 Å². The number of aryl methyl sites for hydroxylation is 1. The molecule has 0 aliphatic carbocycles. The van der Waals surface area contributed by atoms with E-state index in [1.807, 2.05) is 0 Å². The minimum Gasteiger partial charge on any atom is -0.354 e. The summed E-state index contributed by atoms with van der Waals surface area (Å²) in [6.45, 7) is 7.99. The monoisotopic (exact) mass is 252 g/mol. The van der Waals surface area contributed by atoms with Crippen molar-refractivity contribution in [2.45, 2.75) is 46.4 Å². The third-order valence-electron chi connectivity index (χ3n) is 4.00. The molecule has 0 spiro atoms. The van der Waals surface area contributed by atoms with Crippen LogP contribution in [0.25, 0.3) is 0 Å². The second kappa shape index (κ2) is 4.72. The molecule has 0 bridgehead atoms.